The summed E-state index contributed by atoms with van der Waals surface area (Å²) in [5.74, 6) is 0.352. The summed E-state index contributed by atoms with van der Waals surface area (Å²) in [6.07, 6.45) is 0. The number of carbonyl (C=O) groups excluding carboxylic acids is 1. The highest BCUT2D eigenvalue weighted by Gasteiger charge is 2.14. The first kappa shape index (κ1) is 20.7. The van der Waals surface area contributed by atoms with E-state index in [9.17, 15) is 9.59 Å². The van der Waals surface area contributed by atoms with Gasteiger partial charge in [0.05, 0.1) is 29.5 Å². The Labute approximate surface area is 179 Å². The van der Waals surface area contributed by atoms with Gasteiger partial charge in [-0.25, -0.2) is 4.98 Å². The number of rotatable bonds is 6. The van der Waals surface area contributed by atoms with Crippen LogP contribution in [-0.4, -0.2) is 28.3 Å². The van der Waals surface area contributed by atoms with Gasteiger partial charge in [-0.2, -0.15) is 0 Å². The van der Waals surface area contributed by atoms with Gasteiger partial charge in [0.1, 0.15) is 5.75 Å². The van der Waals surface area contributed by atoms with Crippen LogP contribution in [0.5, 0.6) is 5.75 Å². The molecule has 0 aliphatic carbocycles. The fourth-order valence-electron chi connectivity index (χ4n) is 2.66. The molecular formula is C19H17BrClN3O3S. The van der Waals surface area contributed by atoms with Crippen LogP contribution in [-0.2, 0) is 11.3 Å². The molecule has 1 amide bonds. The van der Waals surface area contributed by atoms with E-state index in [2.05, 4.69) is 26.2 Å². The molecule has 3 aromatic rings. The van der Waals surface area contributed by atoms with Crippen LogP contribution in [0.3, 0.4) is 0 Å². The summed E-state index contributed by atoms with van der Waals surface area (Å²) in [7, 11) is 1.52. The van der Waals surface area contributed by atoms with Crippen molar-refractivity contribution in [1.82, 2.24) is 9.55 Å². The van der Waals surface area contributed by atoms with Crippen molar-refractivity contribution in [2.24, 2.45) is 0 Å². The molecule has 2 aromatic carbocycles. The molecule has 0 radical (unpaired) electrons. The SMILES string of the molecule is CCn1c(SCC(=O)Nc2cc(Cl)ccc2OC)nc2ccc(Br)cc2c1=O. The van der Waals surface area contributed by atoms with Crippen LogP contribution < -0.4 is 15.6 Å². The molecule has 1 N–H and O–H groups in total. The number of nitrogens with one attached hydrogen (secondary N) is 1. The summed E-state index contributed by atoms with van der Waals surface area (Å²) >= 11 is 10.6. The molecule has 0 aliphatic rings. The van der Waals surface area contributed by atoms with Gasteiger partial charge < -0.3 is 10.1 Å². The van der Waals surface area contributed by atoms with E-state index in [1.54, 1.807) is 34.9 Å². The van der Waals surface area contributed by atoms with E-state index in [0.29, 0.717) is 39.1 Å². The topological polar surface area (TPSA) is 73.2 Å². The standard InChI is InChI=1S/C19H17BrClN3O3S/c1-3-24-18(26)13-8-11(20)4-6-14(13)23-19(24)28-10-17(25)22-15-9-12(21)5-7-16(15)27-2/h4-9H,3,10H2,1-2H3,(H,22,25). The molecule has 0 saturated carbocycles. The first-order valence-corrected chi connectivity index (χ1v) is 10.5. The Bertz CT molecular complexity index is 1100. The van der Waals surface area contributed by atoms with Crippen molar-refractivity contribution in [3.8, 4) is 5.75 Å². The molecule has 0 unspecified atom stereocenters. The van der Waals surface area contributed by atoms with E-state index in [-0.39, 0.29) is 17.2 Å². The molecule has 0 fully saturated rings. The number of methoxy groups -OCH3 is 1. The molecule has 0 spiro atoms. The molecule has 6 nitrogen and oxygen atoms in total. The number of hydrogen-bond acceptors (Lipinski definition) is 5. The van der Waals surface area contributed by atoms with E-state index >= 15 is 0 Å². The van der Waals surface area contributed by atoms with Gasteiger partial charge >= 0.3 is 0 Å². The van der Waals surface area contributed by atoms with Gasteiger partial charge in [-0.3, -0.25) is 14.2 Å². The second-order valence-corrected chi connectivity index (χ2v) is 8.08. The fourth-order valence-corrected chi connectivity index (χ4v) is 4.05. The van der Waals surface area contributed by atoms with Crippen LogP contribution in [0.2, 0.25) is 5.02 Å². The van der Waals surface area contributed by atoms with Gasteiger partial charge in [-0.05, 0) is 43.3 Å². The summed E-state index contributed by atoms with van der Waals surface area (Å²) in [5.41, 5.74) is 0.954. The molecule has 0 atom stereocenters. The van der Waals surface area contributed by atoms with Crippen LogP contribution in [0.25, 0.3) is 10.9 Å². The molecule has 9 heteroatoms. The highest BCUT2D eigenvalue weighted by atomic mass is 79.9. The molecule has 0 bridgehead atoms. The van der Waals surface area contributed by atoms with Crippen LogP contribution in [0.15, 0.2) is 50.8 Å². The minimum Gasteiger partial charge on any atom is -0.495 e. The lowest BCUT2D eigenvalue weighted by molar-refractivity contribution is -0.113. The number of anilines is 1. The Hall–Kier alpha value is -2.03. The zero-order valence-electron chi connectivity index (χ0n) is 15.2. The number of hydrogen-bond donors (Lipinski definition) is 1. The number of aromatic nitrogens is 2. The van der Waals surface area contributed by atoms with Crippen molar-refractivity contribution in [3.63, 3.8) is 0 Å². The Kier molecular flexibility index (Phi) is 6.64. The summed E-state index contributed by atoms with van der Waals surface area (Å²) in [6.45, 7) is 2.33. The van der Waals surface area contributed by atoms with Crippen molar-refractivity contribution >= 4 is 61.8 Å². The van der Waals surface area contributed by atoms with Crippen LogP contribution >= 0.6 is 39.3 Å². The van der Waals surface area contributed by atoms with Gasteiger partial charge in [0.25, 0.3) is 5.56 Å². The van der Waals surface area contributed by atoms with E-state index < -0.39 is 0 Å². The number of thioether (sulfide) groups is 1. The average molecular weight is 483 g/mol. The Morgan fingerprint density at radius 2 is 2.11 bits per heavy atom. The first-order chi connectivity index (χ1) is 13.4. The van der Waals surface area contributed by atoms with Crippen LogP contribution in [0.4, 0.5) is 5.69 Å². The maximum absolute atomic E-state index is 12.7. The minimum absolute atomic E-state index is 0.0874. The molecule has 0 aliphatic heterocycles. The van der Waals surface area contributed by atoms with Gasteiger partial charge in [-0.15, -0.1) is 0 Å². The number of ether oxygens (including phenoxy) is 1. The second kappa shape index (κ2) is 8.98. The lowest BCUT2D eigenvalue weighted by Crippen LogP contribution is -2.23. The number of carbonyl (C=O) groups is 1. The molecular weight excluding hydrogens is 466 g/mol. The van der Waals surface area contributed by atoms with Crippen molar-refractivity contribution in [2.75, 3.05) is 18.2 Å². The summed E-state index contributed by atoms with van der Waals surface area (Å²) in [5, 5.41) is 4.30. The lowest BCUT2D eigenvalue weighted by Gasteiger charge is -2.12. The van der Waals surface area contributed by atoms with E-state index in [1.807, 2.05) is 13.0 Å². The zero-order chi connectivity index (χ0) is 20.3. The molecule has 28 heavy (non-hydrogen) atoms. The lowest BCUT2D eigenvalue weighted by atomic mass is 10.2. The van der Waals surface area contributed by atoms with Crippen molar-refractivity contribution < 1.29 is 9.53 Å². The maximum Gasteiger partial charge on any atom is 0.262 e. The zero-order valence-corrected chi connectivity index (χ0v) is 18.3. The van der Waals surface area contributed by atoms with Gasteiger partial charge in [0.2, 0.25) is 5.91 Å². The van der Waals surface area contributed by atoms with E-state index in [0.717, 1.165) is 4.47 Å². The minimum atomic E-state index is -0.252. The van der Waals surface area contributed by atoms with Crippen molar-refractivity contribution in [3.05, 3.63) is 56.2 Å². The van der Waals surface area contributed by atoms with Gasteiger partial charge in [-0.1, -0.05) is 39.3 Å². The maximum atomic E-state index is 12.7. The van der Waals surface area contributed by atoms with Gasteiger partial charge in [0.15, 0.2) is 5.16 Å². The Balaban J connectivity index is 1.82. The normalized spacial score (nSPS) is 10.9. The predicted molar refractivity (Wildman–Crippen MR) is 117 cm³/mol. The van der Waals surface area contributed by atoms with E-state index in [1.165, 1.54) is 18.9 Å². The van der Waals surface area contributed by atoms with Crippen molar-refractivity contribution in [1.29, 1.82) is 0 Å². The van der Waals surface area contributed by atoms with E-state index in [4.69, 9.17) is 16.3 Å². The third-order valence-electron chi connectivity index (χ3n) is 3.97. The van der Waals surface area contributed by atoms with Crippen molar-refractivity contribution in [2.45, 2.75) is 18.6 Å². The molecule has 146 valence electrons. The summed E-state index contributed by atoms with van der Waals surface area (Å²) < 4.78 is 7.61. The first-order valence-electron chi connectivity index (χ1n) is 8.39. The fraction of sp³-hybridized carbons (Fsp3) is 0.211. The second-order valence-electron chi connectivity index (χ2n) is 5.79. The molecule has 1 heterocycles. The Morgan fingerprint density at radius 3 is 2.82 bits per heavy atom. The smallest absolute Gasteiger partial charge is 0.262 e. The third-order valence-corrected chi connectivity index (χ3v) is 5.67. The van der Waals surface area contributed by atoms with Crippen LogP contribution in [0.1, 0.15) is 6.92 Å². The number of fused-ring (bicyclic) bond motifs is 1. The van der Waals surface area contributed by atoms with Gasteiger partial charge in [0, 0.05) is 16.0 Å². The molecule has 0 saturated heterocycles. The number of halogens is 2. The highest BCUT2D eigenvalue weighted by molar-refractivity contribution is 9.10. The number of nitrogens with zero attached hydrogens (tertiary/aromatic N) is 2. The molecule has 1 aromatic heterocycles. The number of amides is 1. The Morgan fingerprint density at radius 1 is 1.32 bits per heavy atom. The predicted octanol–water partition coefficient (Wildman–Crippen LogP) is 4.57. The third kappa shape index (κ3) is 4.51. The van der Waals surface area contributed by atoms with Crippen LogP contribution in [0, 0.1) is 0 Å². The monoisotopic (exact) mass is 481 g/mol. The summed E-state index contributed by atoms with van der Waals surface area (Å²) in [6, 6.07) is 10.4. The largest absolute Gasteiger partial charge is 0.495 e. The highest BCUT2D eigenvalue weighted by Crippen LogP contribution is 2.28. The number of benzene rings is 2. The average Bonchev–Trinajstić information content (AvgIpc) is 2.67. The molecule has 3 rings (SSSR count). The summed E-state index contributed by atoms with van der Waals surface area (Å²) in [4.78, 5) is 29.7. The quantitative estimate of drug-likeness (QED) is 0.411.